The lowest BCUT2D eigenvalue weighted by atomic mass is 10.3. The van der Waals surface area contributed by atoms with Gasteiger partial charge in [0, 0.05) is 4.47 Å². The topological polar surface area (TPSA) is 35.5 Å². The van der Waals surface area contributed by atoms with E-state index in [1.165, 1.54) is 0 Å². The molecule has 0 atom stereocenters. The fourth-order valence-corrected chi connectivity index (χ4v) is 2.19. The molecule has 0 bridgehead atoms. The fourth-order valence-electron chi connectivity index (χ4n) is 1.03. The zero-order valence-electron chi connectivity index (χ0n) is 9.00. The summed E-state index contributed by atoms with van der Waals surface area (Å²) in [6, 6.07) is 5.47. The molecule has 16 heavy (non-hydrogen) atoms. The number of benzene rings is 1. The molecule has 0 unspecified atom stereocenters. The van der Waals surface area contributed by atoms with Crippen LogP contribution in [0.1, 0.15) is 13.8 Å². The van der Waals surface area contributed by atoms with Crippen LogP contribution in [-0.4, -0.2) is 18.7 Å². The predicted octanol–water partition coefficient (Wildman–Crippen LogP) is 3.54. The molecule has 0 heterocycles. The summed E-state index contributed by atoms with van der Waals surface area (Å²) < 4.78 is 12.0. The summed E-state index contributed by atoms with van der Waals surface area (Å²) in [5, 5.41) is 0. The van der Waals surface area contributed by atoms with E-state index in [1.54, 1.807) is 19.9 Å². The molecule has 0 amide bonds. The smallest absolute Gasteiger partial charge is 0.344 e. The number of hydrogen-bond acceptors (Lipinski definition) is 3. The average Bonchev–Trinajstić information content (AvgIpc) is 2.15. The summed E-state index contributed by atoms with van der Waals surface area (Å²) in [7, 11) is 0. The number of hydrogen-bond donors (Lipinski definition) is 0. The maximum Gasteiger partial charge on any atom is 0.344 e. The number of rotatable bonds is 4. The minimum Gasteiger partial charge on any atom is -0.481 e. The van der Waals surface area contributed by atoms with Crippen molar-refractivity contribution in [1.29, 1.82) is 0 Å². The highest BCUT2D eigenvalue weighted by atomic mass is 79.9. The lowest BCUT2D eigenvalue weighted by molar-refractivity contribution is -0.149. The van der Waals surface area contributed by atoms with Crippen molar-refractivity contribution in [2.24, 2.45) is 0 Å². The Morgan fingerprint density at radius 1 is 1.38 bits per heavy atom. The van der Waals surface area contributed by atoms with Crippen molar-refractivity contribution in [3.05, 3.63) is 27.1 Å². The maximum absolute atomic E-state index is 11.2. The van der Waals surface area contributed by atoms with Crippen LogP contribution in [0, 0.1) is 0 Å². The Labute approximate surface area is 111 Å². The van der Waals surface area contributed by atoms with E-state index in [-0.39, 0.29) is 18.7 Å². The molecule has 0 fully saturated rings. The van der Waals surface area contributed by atoms with Crippen molar-refractivity contribution in [1.82, 2.24) is 0 Å². The van der Waals surface area contributed by atoms with Gasteiger partial charge in [0.2, 0.25) is 0 Å². The Morgan fingerprint density at radius 2 is 2.06 bits per heavy atom. The first kappa shape index (κ1) is 13.5. The highest BCUT2D eigenvalue weighted by Crippen LogP contribution is 2.28. The molecule has 5 heteroatoms. The van der Waals surface area contributed by atoms with Crippen molar-refractivity contribution in [2.75, 3.05) is 6.61 Å². The molecular weight excluding hydrogens is 340 g/mol. The normalized spacial score (nSPS) is 10.3. The Kier molecular flexibility index (Phi) is 5.28. The van der Waals surface area contributed by atoms with Crippen molar-refractivity contribution < 1.29 is 14.3 Å². The molecule has 0 spiro atoms. The molecule has 88 valence electrons. The van der Waals surface area contributed by atoms with Crippen molar-refractivity contribution >= 4 is 37.8 Å². The highest BCUT2D eigenvalue weighted by molar-refractivity contribution is 9.11. The number of ether oxygens (including phenoxy) is 2. The molecule has 0 N–H and O–H groups in total. The van der Waals surface area contributed by atoms with Gasteiger partial charge in [-0.2, -0.15) is 0 Å². The van der Waals surface area contributed by atoms with Crippen LogP contribution in [0.15, 0.2) is 27.1 Å². The van der Waals surface area contributed by atoms with Crippen LogP contribution in [-0.2, 0) is 9.53 Å². The molecule has 0 radical (unpaired) electrons. The Bertz CT molecular complexity index is 377. The number of carbonyl (C=O) groups is 1. The van der Waals surface area contributed by atoms with Gasteiger partial charge in [-0.1, -0.05) is 15.9 Å². The number of esters is 1. The fraction of sp³-hybridized carbons (Fsp3) is 0.364. The van der Waals surface area contributed by atoms with E-state index < -0.39 is 0 Å². The van der Waals surface area contributed by atoms with Crippen molar-refractivity contribution in [3.8, 4) is 5.75 Å². The van der Waals surface area contributed by atoms with Crippen LogP contribution in [0.2, 0.25) is 0 Å². The van der Waals surface area contributed by atoms with Crippen LogP contribution >= 0.6 is 31.9 Å². The van der Waals surface area contributed by atoms with Gasteiger partial charge in [-0.25, -0.2) is 4.79 Å². The third-order valence-electron chi connectivity index (χ3n) is 1.61. The molecule has 1 aromatic carbocycles. The quantitative estimate of drug-likeness (QED) is 0.778. The SMILES string of the molecule is CC(C)OC(=O)COc1ccc(Br)cc1Br. The third kappa shape index (κ3) is 4.53. The van der Waals surface area contributed by atoms with E-state index in [4.69, 9.17) is 9.47 Å². The van der Waals surface area contributed by atoms with Gasteiger partial charge < -0.3 is 9.47 Å². The maximum atomic E-state index is 11.2. The Balaban J connectivity index is 2.51. The largest absolute Gasteiger partial charge is 0.481 e. The van der Waals surface area contributed by atoms with E-state index in [2.05, 4.69) is 31.9 Å². The summed E-state index contributed by atoms with van der Waals surface area (Å²) in [4.78, 5) is 11.2. The van der Waals surface area contributed by atoms with Crippen LogP contribution < -0.4 is 4.74 Å². The highest BCUT2D eigenvalue weighted by Gasteiger charge is 2.08. The van der Waals surface area contributed by atoms with E-state index in [0.29, 0.717) is 5.75 Å². The summed E-state index contributed by atoms with van der Waals surface area (Å²) >= 11 is 6.67. The molecule has 1 aromatic rings. The summed E-state index contributed by atoms with van der Waals surface area (Å²) in [6.07, 6.45) is -0.121. The molecule has 3 nitrogen and oxygen atoms in total. The summed E-state index contributed by atoms with van der Waals surface area (Å²) in [5.41, 5.74) is 0. The molecule has 0 aliphatic heterocycles. The van der Waals surface area contributed by atoms with Crippen LogP contribution in [0.25, 0.3) is 0 Å². The monoisotopic (exact) mass is 350 g/mol. The first-order valence-corrected chi connectivity index (χ1v) is 6.35. The predicted molar refractivity (Wildman–Crippen MR) is 68.6 cm³/mol. The van der Waals surface area contributed by atoms with Gasteiger partial charge in [0.25, 0.3) is 0 Å². The van der Waals surface area contributed by atoms with Crippen LogP contribution in [0.4, 0.5) is 0 Å². The van der Waals surface area contributed by atoms with Gasteiger partial charge in [-0.3, -0.25) is 0 Å². The van der Waals surface area contributed by atoms with Crippen molar-refractivity contribution in [2.45, 2.75) is 20.0 Å². The minimum absolute atomic E-state index is 0.0849. The first-order chi connectivity index (χ1) is 7.49. The van der Waals surface area contributed by atoms with Gasteiger partial charge in [0.05, 0.1) is 10.6 Å². The third-order valence-corrected chi connectivity index (χ3v) is 2.72. The standard InChI is InChI=1S/C11H12Br2O3/c1-7(2)16-11(14)6-15-10-4-3-8(12)5-9(10)13/h3-5,7H,6H2,1-2H3. The number of halogens is 2. The first-order valence-electron chi connectivity index (χ1n) is 4.76. The summed E-state index contributed by atoms with van der Waals surface area (Å²) in [5.74, 6) is 0.244. The second kappa shape index (κ2) is 6.25. The molecule has 0 aromatic heterocycles. The van der Waals surface area contributed by atoms with Gasteiger partial charge in [-0.15, -0.1) is 0 Å². The number of carbonyl (C=O) groups excluding carboxylic acids is 1. The average molecular weight is 352 g/mol. The lowest BCUT2D eigenvalue weighted by Crippen LogP contribution is -2.18. The zero-order chi connectivity index (χ0) is 12.1. The molecule has 0 aliphatic rings. The van der Waals surface area contributed by atoms with E-state index in [9.17, 15) is 4.79 Å². The Morgan fingerprint density at radius 3 is 2.62 bits per heavy atom. The van der Waals surface area contributed by atoms with Crippen LogP contribution in [0.3, 0.4) is 0 Å². The Hall–Kier alpha value is -0.550. The molecule has 0 saturated heterocycles. The zero-order valence-corrected chi connectivity index (χ0v) is 12.2. The lowest BCUT2D eigenvalue weighted by Gasteiger charge is -2.10. The minimum atomic E-state index is -0.371. The summed E-state index contributed by atoms with van der Waals surface area (Å²) in [6.45, 7) is 3.51. The van der Waals surface area contributed by atoms with E-state index in [1.807, 2.05) is 12.1 Å². The molecule has 0 saturated carbocycles. The van der Waals surface area contributed by atoms with Gasteiger partial charge in [0.1, 0.15) is 5.75 Å². The van der Waals surface area contributed by atoms with Gasteiger partial charge in [-0.05, 0) is 48.0 Å². The van der Waals surface area contributed by atoms with Crippen molar-refractivity contribution in [3.63, 3.8) is 0 Å². The van der Waals surface area contributed by atoms with Gasteiger partial charge >= 0.3 is 5.97 Å². The van der Waals surface area contributed by atoms with Crippen LogP contribution in [0.5, 0.6) is 5.75 Å². The second-order valence-electron chi connectivity index (χ2n) is 3.40. The van der Waals surface area contributed by atoms with Gasteiger partial charge in [0.15, 0.2) is 6.61 Å². The molecule has 1 rings (SSSR count). The van der Waals surface area contributed by atoms with E-state index >= 15 is 0 Å². The van der Waals surface area contributed by atoms with E-state index in [0.717, 1.165) is 8.95 Å². The molecule has 0 aliphatic carbocycles. The molecular formula is C11H12Br2O3. The second-order valence-corrected chi connectivity index (χ2v) is 5.17.